The van der Waals surface area contributed by atoms with Crippen molar-refractivity contribution in [3.05, 3.63) is 54.2 Å². The lowest BCUT2D eigenvalue weighted by Gasteiger charge is -2.36. The van der Waals surface area contributed by atoms with Gasteiger partial charge in [0.05, 0.1) is 18.5 Å². The first kappa shape index (κ1) is 18.9. The number of furan rings is 1. The standard InChI is InChI=1S/C19H22FN3O4/c20-16-5-1-2-6-17(16)22-7-9-23(10-8-22)19(25)14-26-13-18(24)21-12-15-4-3-11-27-15/h1-6,11H,7-10,12-14H2,(H,21,24). The molecule has 2 amide bonds. The van der Waals surface area contributed by atoms with Crippen molar-refractivity contribution in [3.8, 4) is 0 Å². The third-order valence-electron chi connectivity index (χ3n) is 4.32. The van der Waals surface area contributed by atoms with Gasteiger partial charge in [-0.1, -0.05) is 12.1 Å². The van der Waals surface area contributed by atoms with E-state index in [4.69, 9.17) is 9.15 Å². The molecule has 0 bridgehead atoms. The van der Waals surface area contributed by atoms with E-state index in [2.05, 4.69) is 5.32 Å². The molecule has 27 heavy (non-hydrogen) atoms. The fourth-order valence-corrected chi connectivity index (χ4v) is 2.88. The number of para-hydroxylation sites is 1. The van der Waals surface area contributed by atoms with Gasteiger partial charge in [0, 0.05) is 26.2 Å². The van der Waals surface area contributed by atoms with Gasteiger partial charge in [-0.2, -0.15) is 0 Å². The van der Waals surface area contributed by atoms with E-state index in [0.717, 1.165) is 0 Å². The van der Waals surface area contributed by atoms with Crippen molar-refractivity contribution in [2.24, 2.45) is 0 Å². The van der Waals surface area contributed by atoms with Gasteiger partial charge in [-0.3, -0.25) is 9.59 Å². The largest absolute Gasteiger partial charge is 0.467 e. The Balaban J connectivity index is 1.34. The highest BCUT2D eigenvalue weighted by atomic mass is 19.1. The summed E-state index contributed by atoms with van der Waals surface area (Å²) >= 11 is 0. The number of anilines is 1. The van der Waals surface area contributed by atoms with Crippen LogP contribution in [0.1, 0.15) is 5.76 Å². The number of carbonyl (C=O) groups is 2. The van der Waals surface area contributed by atoms with E-state index in [1.807, 2.05) is 4.90 Å². The summed E-state index contributed by atoms with van der Waals surface area (Å²) in [6.07, 6.45) is 1.53. The highest BCUT2D eigenvalue weighted by Gasteiger charge is 2.22. The second kappa shape index (κ2) is 9.18. The predicted molar refractivity (Wildman–Crippen MR) is 96.6 cm³/mol. The monoisotopic (exact) mass is 375 g/mol. The smallest absolute Gasteiger partial charge is 0.248 e. The van der Waals surface area contributed by atoms with E-state index in [-0.39, 0.29) is 37.4 Å². The molecule has 7 nitrogen and oxygen atoms in total. The fraction of sp³-hybridized carbons (Fsp3) is 0.368. The molecule has 0 unspecified atom stereocenters. The molecule has 0 spiro atoms. The third-order valence-corrected chi connectivity index (χ3v) is 4.32. The summed E-state index contributed by atoms with van der Waals surface area (Å²) in [4.78, 5) is 27.5. The maximum Gasteiger partial charge on any atom is 0.248 e. The highest BCUT2D eigenvalue weighted by Crippen LogP contribution is 2.20. The number of halogens is 1. The Morgan fingerprint density at radius 2 is 1.85 bits per heavy atom. The van der Waals surface area contributed by atoms with Crippen LogP contribution in [-0.2, 0) is 20.9 Å². The number of carbonyl (C=O) groups excluding carboxylic acids is 2. The van der Waals surface area contributed by atoms with Crippen molar-refractivity contribution >= 4 is 17.5 Å². The molecule has 2 aromatic rings. The summed E-state index contributed by atoms with van der Waals surface area (Å²) in [6.45, 7) is 2.01. The normalized spacial score (nSPS) is 14.3. The van der Waals surface area contributed by atoms with Crippen molar-refractivity contribution < 1.29 is 23.1 Å². The molecule has 2 heterocycles. The Labute approximate surface area is 156 Å². The van der Waals surface area contributed by atoms with Crippen molar-refractivity contribution in [2.75, 3.05) is 44.3 Å². The van der Waals surface area contributed by atoms with Gasteiger partial charge in [0.25, 0.3) is 0 Å². The molecule has 0 aliphatic carbocycles. The van der Waals surface area contributed by atoms with Gasteiger partial charge in [0.2, 0.25) is 11.8 Å². The number of nitrogens with one attached hydrogen (secondary N) is 1. The van der Waals surface area contributed by atoms with E-state index < -0.39 is 0 Å². The van der Waals surface area contributed by atoms with Crippen molar-refractivity contribution in [3.63, 3.8) is 0 Å². The summed E-state index contributed by atoms with van der Waals surface area (Å²) in [7, 11) is 0. The first-order valence-corrected chi connectivity index (χ1v) is 8.77. The lowest BCUT2D eigenvalue weighted by Crippen LogP contribution is -2.50. The summed E-state index contributed by atoms with van der Waals surface area (Å²) in [5, 5.41) is 2.64. The molecule has 144 valence electrons. The van der Waals surface area contributed by atoms with Crippen molar-refractivity contribution in [1.82, 2.24) is 10.2 Å². The molecule has 1 aliphatic rings. The van der Waals surface area contributed by atoms with Gasteiger partial charge in [-0.05, 0) is 24.3 Å². The minimum atomic E-state index is -0.316. The van der Waals surface area contributed by atoms with E-state index in [0.29, 0.717) is 37.6 Å². The number of amides is 2. The Bertz CT molecular complexity index is 758. The van der Waals surface area contributed by atoms with Gasteiger partial charge in [0.1, 0.15) is 24.8 Å². The van der Waals surface area contributed by atoms with Gasteiger partial charge >= 0.3 is 0 Å². The summed E-state index contributed by atoms with van der Waals surface area (Å²) in [5.74, 6) is -0.112. The van der Waals surface area contributed by atoms with Crippen LogP contribution in [0.2, 0.25) is 0 Å². The minimum absolute atomic E-state index is 0.159. The topological polar surface area (TPSA) is 75.0 Å². The molecule has 0 atom stereocenters. The SMILES string of the molecule is O=C(COCC(=O)N1CCN(c2ccccc2F)CC1)NCc1ccco1. The van der Waals surface area contributed by atoms with E-state index in [1.165, 1.54) is 12.3 Å². The van der Waals surface area contributed by atoms with Gasteiger partial charge < -0.3 is 24.3 Å². The van der Waals surface area contributed by atoms with Crippen LogP contribution in [0.5, 0.6) is 0 Å². The molecule has 1 aromatic carbocycles. The van der Waals surface area contributed by atoms with E-state index in [1.54, 1.807) is 35.2 Å². The molecule has 3 rings (SSSR count). The van der Waals surface area contributed by atoms with Gasteiger partial charge in [0.15, 0.2) is 0 Å². The zero-order chi connectivity index (χ0) is 19.1. The highest BCUT2D eigenvalue weighted by molar-refractivity contribution is 5.79. The second-order valence-electron chi connectivity index (χ2n) is 6.17. The van der Waals surface area contributed by atoms with E-state index in [9.17, 15) is 14.0 Å². The Kier molecular flexibility index (Phi) is 6.43. The molecule has 0 saturated carbocycles. The van der Waals surface area contributed by atoms with Crippen molar-refractivity contribution in [2.45, 2.75) is 6.54 Å². The molecule has 1 aliphatic heterocycles. The summed E-state index contributed by atoms with van der Waals surface area (Å²) in [5.41, 5.74) is 0.550. The Morgan fingerprint density at radius 3 is 2.56 bits per heavy atom. The molecule has 8 heteroatoms. The molecular formula is C19H22FN3O4. The Hall–Kier alpha value is -2.87. The zero-order valence-corrected chi connectivity index (χ0v) is 14.9. The molecular weight excluding hydrogens is 353 g/mol. The van der Waals surface area contributed by atoms with Crippen LogP contribution >= 0.6 is 0 Å². The van der Waals surface area contributed by atoms with Crippen molar-refractivity contribution in [1.29, 1.82) is 0 Å². The number of piperazine rings is 1. The molecule has 1 N–H and O–H groups in total. The van der Waals surface area contributed by atoms with Crippen LogP contribution in [0.4, 0.5) is 10.1 Å². The van der Waals surface area contributed by atoms with Crippen LogP contribution in [-0.4, -0.2) is 56.1 Å². The number of nitrogens with zero attached hydrogens (tertiary/aromatic N) is 2. The predicted octanol–water partition coefficient (Wildman–Crippen LogP) is 1.40. The van der Waals surface area contributed by atoms with Crippen LogP contribution in [0.3, 0.4) is 0 Å². The first-order chi connectivity index (χ1) is 13.1. The van der Waals surface area contributed by atoms with Crippen LogP contribution in [0.15, 0.2) is 47.1 Å². The average molecular weight is 375 g/mol. The molecule has 1 fully saturated rings. The number of benzene rings is 1. The number of hydrogen-bond acceptors (Lipinski definition) is 5. The zero-order valence-electron chi connectivity index (χ0n) is 14.9. The summed E-state index contributed by atoms with van der Waals surface area (Å²) in [6, 6.07) is 10.1. The average Bonchev–Trinajstić information content (AvgIpc) is 3.20. The third kappa shape index (κ3) is 5.30. The molecule has 1 saturated heterocycles. The lowest BCUT2D eigenvalue weighted by molar-refractivity contribution is -0.138. The maximum atomic E-state index is 13.8. The number of hydrogen-bond donors (Lipinski definition) is 1. The number of ether oxygens (including phenoxy) is 1. The lowest BCUT2D eigenvalue weighted by atomic mass is 10.2. The first-order valence-electron chi connectivity index (χ1n) is 8.77. The van der Waals surface area contributed by atoms with Gasteiger partial charge in [-0.15, -0.1) is 0 Å². The Morgan fingerprint density at radius 1 is 1.07 bits per heavy atom. The number of rotatable bonds is 7. The van der Waals surface area contributed by atoms with Gasteiger partial charge in [-0.25, -0.2) is 4.39 Å². The maximum absolute atomic E-state index is 13.8. The van der Waals surface area contributed by atoms with Crippen LogP contribution in [0, 0.1) is 5.82 Å². The second-order valence-corrected chi connectivity index (χ2v) is 6.17. The quantitative estimate of drug-likeness (QED) is 0.792. The summed E-state index contributed by atoms with van der Waals surface area (Å²) < 4.78 is 24.2. The minimum Gasteiger partial charge on any atom is -0.467 e. The van der Waals surface area contributed by atoms with Crippen LogP contribution in [0.25, 0.3) is 0 Å². The molecule has 0 radical (unpaired) electrons. The molecule has 1 aromatic heterocycles. The van der Waals surface area contributed by atoms with E-state index >= 15 is 0 Å². The fourth-order valence-electron chi connectivity index (χ4n) is 2.88. The van der Waals surface area contributed by atoms with Crippen LogP contribution < -0.4 is 10.2 Å².